The molecule has 0 aliphatic carbocycles. The highest BCUT2D eigenvalue weighted by Crippen LogP contribution is 2.21. The molecular formula is C21H33N3O. The van der Waals surface area contributed by atoms with Crippen molar-refractivity contribution in [1.29, 1.82) is 0 Å². The minimum atomic E-state index is 0.325. The van der Waals surface area contributed by atoms with Crippen molar-refractivity contribution >= 4 is 5.91 Å². The molecule has 2 heterocycles. The zero-order valence-corrected chi connectivity index (χ0v) is 16.1. The lowest BCUT2D eigenvalue weighted by Gasteiger charge is -2.38. The Labute approximate surface area is 152 Å². The van der Waals surface area contributed by atoms with Gasteiger partial charge in [0, 0.05) is 45.8 Å². The lowest BCUT2D eigenvalue weighted by molar-refractivity contribution is -0.135. The number of piperidine rings is 1. The lowest BCUT2D eigenvalue weighted by Crippen LogP contribution is -2.51. The first-order valence-electron chi connectivity index (χ1n) is 9.77. The maximum Gasteiger partial charge on any atom is 0.236 e. The number of hydrogen-bond donors (Lipinski definition) is 0. The van der Waals surface area contributed by atoms with Crippen molar-refractivity contribution in [3.05, 3.63) is 35.4 Å². The zero-order chi connectivity index (χ0) is 17.8. The normalized spacial score (nSPS) is 26.0. The predicted molar refractivity (Wildman–Crippen MR) is 102 cm³/mol. The van der Waals surface area contributed by atoms with Crippen molar-refractivity contribution < 1.29 is 4.79 Å². The second-order valence-corrected chi connectivity index (χ2v) is 8.29. The van der Waals surface area contributed by atoms with E-state index in [0.29, 0.717) is 24.3 Å². The molecule has 4 heteroatoms. The molecule has 0 saturated carbocycles. The summed E-state index contributed by atoms with van der Waals surface area (Å²) in [5, 5.41) is 0. The van der Waals surface area contributed by atoms with Crippen molar-refractivity contribution in [1.82, 2.24) is 14.7 Å². The highest BCUT2D eigenvalue weighted by molar-refractivity contribution is 5.78. The van der Waals surface area contributed by atoms with Crippen LogP contribution in [-0.4, -0.2) is 66.4 Å². The Hall–Kier alpha value is -1.39. The first-order chi connectivity index (χ1) is 12.0. The Morgan fingerprint density at radius 1 is 1.04 bits per heavy atom. The topological polar surface area (TPSA) is 26.8 Å². The average Bonchev–Trinajstić information content (AvgIpc) is 2.56. The second kappa shape index (κ2) is 8.33. The number of carbonyl (C=O) groups excluding carboxylic acids is 1. The van der Waals surface area contributed by atoms with Gasteiger partial charge in [0.25, 0.3) is 0 Å². The van der Waals surface area contributed by atoms with E-state index >= 15 is 0 Å². The van der Waals surface area contributed by atoms with E-state index in [1.165, 1.54) is 17.5 Å². The number of rotatable bonds is 4. The van der Waals surface area contributed by atoms with Gasteiger partial charge in [-0.3, -0.25) is 14.6 Å². The van der Waals surface area contributed by atoms with E-state index in [1.54, 1.807) is 0 Å². The first kappa shape index (κ1) is 18.4. The van der Waals surface area contributed by atoms with Gasteiger partial charge in [0.15, 0.2) is 0 Å². The molecule has 138 valence electrons. The molecule has 25 heavy (non-hydrogen) atoms. The second-order valence-electron chi connectivity index (χ2n) is 8.29. The first-order valence-corrected chi connectivity index (χ1v) is 9.77. The van der Waals surface area contributed by atoms with Crippen LogP contribution < -0.4 is 0 Å². The van der Waals surface area contributed by atoms with Gasteiger partial charge < -0.3 is 4.90 Å². The maximum atomic E-state index is 12.6. The Kier molecular flexibility index (Phi) is 6.13. The largest absolute Gasteiger partial charge is 0.341 e. The molecule has 1 aromatic rings. The highest BCUT2D eigenvalue weighted by atomic mass is 16.2. The summed E-state index contributed by atoms with van der Waals surface area (Å²) in [6.45, 7) is 14.3. The van der Waals surface area contributed by atoms with Crippen LogP contribution in [0.5, 0.6) is 0 Å². The fraction of sp³-hybridized carbons (Fsp3) is 0.667. The van der Waals surface area contributed by atoms with E-state index in [0.717, 1.165) is 45.8 Å². The van der Waals surface area contributed by atoms with Crippen molar-refractivity contribution in [2.75, 3.05) is 45.8 Å². The van der Waals surface area contributed by atoms with Crippen LogP contribution in [-0.2, 0) is 11.3 Å². The molecule has 0 spiro atoms. The number of aryl methyl sites for hydroxylation is 1. The summed E-state index contributed by atoms with van der Waals surface area (Å²) in [6.07, 6.45) is 1.25. The molecule has 3 rings (SSSR count). The molecule has 2 aliphatic rings. The molecule has 2 unspecified atom stereocenters. The zero-order valence-electron chi connectivity index (χ0n) is 16.1. The van der Waals surface area contributed by atoms with Crippen LogP contribution in [0.1, 0.15) is 31.4 Å². The molecule has 0 bridgehead atoms. The Morgan fingerprint density at radius 3 is 2.32 bits per heavy atom. The Bertz CT molecular complexity index is 570. The summed E-state index contributed by atoms with van der Waals surface area (Å²) in [7, 11) is 0. The van der Waals surface area contributed by atoms with Gasteiger partial charge in [-0.1, -0.05) is 43.7 Å². The molecule has 1 amide bonds. The molecule has 2 atom stereocenters. The van der Waals surface area contributed by atoms with Gasteiger partial charge in [-0.25, -0.2) is 0 Å². The summed E-state index contributed by atoms with van der Waals surface area (Å²) >= 11 is 0. The molecule has 4 nitrogen and oxygen atoms in total. The molecule has 0 radical (unpaired) electrons. The minimum Gasteiger partial charge on any atom is -0.341 e. The highest BCUT2D eigenvalue weighted by Gasteiger charge is 2.27. The van der Waals surface area contributed by atoms with Gasteiger partial charge in [0.05, 0.1) is 6.54 Å². The van der Waals surface area contributed by atoms with E-state index in [4.69, 9.17) is 0 Å². The molecule has 2 fully saturated rings. The van der Waals surface area contributed by atoms with E-state index < -0.39 is 0 Å². The van der Waals surface area contributed by atoms with Crippen LogP contribution in [0.3, 0.4) is 0 Å². The number of amides is 1. The van der Waals surface area contributed by atoms with E-state index in [-0.39, 0.29) is 0 Å². The predicted octanol–water partition coefficient (Wildman–Crippen LogP) is 2.62. The van der Waals surface area contributed by atoms with Crippen molar-refractivity contribution in [2.24, 2.45) is 11.8 Å². The number of carbonyl (C=O) groups is 1. The monoisotopic (exact) mass is 343 g/mol. The summed E-state index contributed by atoms with van der Waals surface area (Å²) < 4.78 is 0. The van der Waals surface area contributed by atoms with Gasteiger partial charge in [0.1, 0.15) is 0 Å². The maximum absolute atomic E-state index is 12.6. The Balaban J connectivity index is 1.43. The summed E-state index contributed by atoms with van der Waals surface area (Å²) in [5.41, 5.74) is 2.72. The Morgan fingerprint density at radius 2 is 1.68 bits per heavy atom. The molecule has 1 aromatic carbocycles. The number of benzene rings is 1. The van der Waals surface area contributed by atoms with Crippen molar-refractivity contribution in [3.63, 3.8) is 0 Å². The standard InChI is InChI=1S/C21H33N3O/c1-17-5-4-6-20(12-17)15-22-7-9-23(10-8-22)16-21(25)24-13-18(2)11-19(3)14-24/h4-6,12,18-19H,7-11,13-16H2,1-3H3. The van der Waals surface area contributed by atoms with Crippen LogP contribution in [0.15, 0.2) is 24.3 Å². The third kappa shape index (κ3) is 5.29. The van der Waals surface area contributed by atoms with Gasteiger partial charge in [-0.05, 0) is 30.7 Å². The molecule has 0 aromatic heterocycles. The van der Waals surface area contributed by atoms with Gasteiger partial charge in [-0.2, -0.15) is 0 Å². The van der Waals surface area contributed by atoms with Gasteiger partial charge in [-0.15, -0.1) is 0 Å². The molecule has 2 aliphatic heterocycles. The number of nitrogens with zero attached hydrogens (tertiary/aromatic N) is 3. The van der Waals surface area contributed by atoms with Crippen LogP contribution in [0.25, 0.3) is 0 Å². The van der Waals surface area contributed by atoms with Crippen molar-refractivity contribution in [2.45, 2.75) is 33.7 Å². The average molecular weight is 344 g/mol. The summed E-state index contributed by atoms with van der Waals surface area (Å²) in [5.74, 6) is 1.60. The fourth-order valence-electron chi connectivity index (χ4n) is 4.33. The third-order valence-corrected chi connectivity index (χ3v) is 5.53. The van der Waals surface area contributed by atoms with Crippen LogP contribution >= 0.6 is 0 Å². The lowest BCUT2D eigenvalue weighted by atomic mass is 9.92. The number of likely N-dealkylation sites (tertiary alicyclic amines) is 1. The third-order valence-electron chi connectivity index (χ3n) is 5.53. The quantitative estimate of drug-likeness (QED) is 0.841. The van der Waals surface area contributed by atoms with Crippen LogP contribution in [0, 0.1) is 18.8 Å². The van der Waals surface area contributed by atoms with Gasteiger partial charge in [0.2, 0.25) is 5.91 Å². The summed E-state index contributed by atoms with van der Waals surface area (Å²) in [4.78, 5) is 19.6. The smallest absolute Gasteiger partial charge is 0.236 e. The van der Waals surface area contributed by atoms with Gasteiger partial charge >= 0.3 is 0 Å². The van der Waals surface area contributed by atoms with E-state index in [9.17, 15) is 4.79 Å². The molecule has 2 saturated heterocycles. The number of hydrogen-bond acceptors (Lipinski definition) is 3. The SMILES string of the molecule is Cc1cccc(CN2CCN(CC(=O)N3CC(C)CC(C)C3)CC2)c1. The van der Waals surface area contributed by atoms with E-state index in [1.807, 2.05) is 0 Å². The fourth-order valence-corrected chi connectivity index (χ4v) is 4.33. The van der Waals surface area contributed by atoms with Crippen LogP contribution in [0.4, 0.5) is 0 Å². The summed E-state index contributed by atoms with van der Waals surface area (Å²) in [6, 6.07) is 8.77. The van der Waals surface area contributed by atoms with Crippen LogP contribution in [0.2, 0.25) is 0 Å². The molecular weight excluding hydrogens is 310 g/mol. The van der Waals surface area contributed by atoms with Crippen molar-refractivity contribution in [3.8, 4) is 0 Å². The number of piperazine rings is 1. The minimum absolute atomic E-state index is 0.325. The molecule has 0 N–H and O–H groups in total. The van der Waals surface area contributed by atoms with E-state index in [2.05, 4.69) is 59.7 Å².